The second-order valence-corrected chi connectivity index (χ2v) is 4.53. The molecule has 0 aromatic carbocycles. The Morgan fingerprint density at radius 3 is 3.00 bits per heavy atom. The lowest BCUT2D eigenvalue weighted by atomic mass is 10.0. The predicted molar refractivity (Wildman–Crippen MR) is 64.1 cm³/mol. The SMILES string of the molecule is CCCCC(N)C(=O)N1CCCC(OC)C1. The van der Waals surface area contributed by atoms with E-state index in [1.54, 1.807) is 7.11 Å². The van der Waals surface area contributed by atoms with Gasteiger partial charge in [0.2, 0.25) is 5.91 Å². The van der Waals surface area contributed by atoms with E-state index in [0.29, 0.717) is 6.54 Å². The Kier molecular flexibility index (Phi) is 5.77. The van der Waals surface area contributed by atoms with Crippen molar-refractivity contribution in [3.63, 3.8) is 0 Å². The summed E-state index contributed by atoms with van der Waals surface area (Å²) in [6.45, 7) is 3.65. The van der Waals surface area contributed by atoms with E-state index in [0.717, 1.165) is 38.6 Å². The van der Waals surface area contributed by atoms with Crippen molar-refractivity contribution >= 4 is 5.91 Å². The number of hydrogen-bond donors (Lipinski definition) is 1. The topological polar surface area (TPSA) is 55.6 Å². The van der Waals surface area contributed by atoms with Crippen LogP contribution in [-0.2, 0) is 9.53 Å². The molecule has 0 bridgehead atoms. The van der Waals surface area contributed by atoms with Gasteiger partial charge in [0, 0.05) is 20.2 Å². The van der Waals surface area contributed by atoms with Crippen LogP contribution in [0.15, 0.2) is 0 Å². The van der Waals surface area contributed by atoms with Gasteiger partial charge in [0.15, 0.2) is 0 Å². The number of hydrogen-bond acceptors (Lipinski definition) is 3. The van der Waals surface area contributed by atoms with Crippen molar-refractivity contribution in [2.24, 2.45) is 5.73 Å². The van der Waals surface area contributed by atoms with Crippen LogP contribution < -0.4 is 5.73 Å². The summed E-state index contributed by atoms with van der Waals surface area (Å²) in [6.07, 6.45) is 5.16. The van der Waals surface area contributed by atoms with E-state index in [2.05, 4.69) is 6.92 Å². The first-order chi connectivity index (χ1) is 7.69. The maximum Gasteiger partial charge on any atom is 0.239 e. The lowest BCUT2D eigenvalue weighted by molar-refractivity contribution is -0.136. The minimum absolute atomic E-state index is 0.0928. The maximum atomic E-state index is 12.0. The molecule has 4 nitrogen and oxygen atoms in total. The molecule has 2 unspecified atom stereocenters. The second kappa shape index (κ2) is 6.86. The number of rotatable bonds is 5. The van der Waals surface area contributed by atoms with Gasteiger partial charge in [-0.05, 0) is 19.3 Å². The molecule has 94 valence electrons. The molecule has 1 amide bonds. The summed E-state index contributed by atoms with van der Waals surface area (Å²) in [5.41, 5.74) is 5.89. The smallest absolute Gasteiger partial charge is 0.239 e. The van der Waals surface area contributed by atoms with E-state index < -0.39 is 0 Å². The third-order valence-corrected chi connectivity index (χ3v) is 3.21. The zero-order valence-corrected chi connectivity index (χ0v) is 10.4. The predicted octanol–water partition coefficient (Wildman–Crippen LogP) is 1.14. The molecule has 0 aromatic rings. The minimum Gasteiger partial charge on any atom is -0.380 e. The number of piperidine rings is 1. The van der Waals surface area contributed by atoms with Gasteiger partial charge in [-0.3, -0.25) is 4.79 Å². The molecule has 1 heterocycles. The van der Waals surface area contributed by atoms with Crippen LogP contribution in [0.25, 0.3) is 0 Å². The molecule has 2 N–H and O–H groups in total. The van der Waals surface area contributed by atoms with Crippen LogP contribution >= 0.6 is 0 Å². The number of nitrogens with zero attached hydrogens (tertiary/aromatic N) is 1. The van der Waals surface area contributed by atoms with E-state index in [4.69, 9.17) is 10.5 Å². The molecule has 0 spiro atoms. The summed E-state index contributed by atoms with van der Waals surface area (Å²) in [6, 6.07) is -0.324. The molecule has 1 saturated heterocycles. The molecule has 0 aliphatic carbocycles. The summed E-state index contributed by atoms with van der Waals surface area (Å²) >= 11 is 0. The van der Waals surface area contributed by atoms with Crippen molar-refractivity contribution in [2.45, 2.75) is 51.2 Å². The molecule has 4 heteroatoms. The minimum atomic E-state index is -0.324. The van der Waals surface area contributed by atoms with Gasteiger partial charge >= 0.3 is 0 Å². The van der Waals surface area contributed by atoms with Crippen LogP contribution in [0, 0.1) is 0 Å². The summed E-state index contributed by atoms with van der Waals surface area (Å²) in [7, 11) is 1.70. The lowest BCUT2D eigenvalue weighted by Crippen LogP contribution is -2.49. The van der Waals surface area contributed by atoms with Crippen LogP contribution in [0.5, 0.6) is 0 Å². The van der Waals surface area contributed by atoms with Crippen LogP contribution in [0.2, 0.25) is 0 Å². The first-order valence-corrected chi connectivity index (χ1v) is 6.26. The number of ether oxygens (including phenoxy) is 1. The van der Waals surface area contributed by atoms with Crippen molar-refractivity contribution in [1.29, 1.82) is 0 Å². The van der Waals surface area contributed by atoms with E-state index in [9.17, 15) is 4.79 Å². The van der Waals surface area contributed by atoms with E-state index in [1.165, 1.54) is 0 Å². The molecular weight excluding hydrogens is 204 g/mol. The van der Waals surface area contributed by atoms with Gasteiger partial charge < -0.3 is 15.4 Å². The molecule has 1 rings (SSSR count). The number of unbranched alkanes of at least 4 members (excludes halogenated alkanes) is 1. The quantitative estimate of drug-likeness (QED) is 0.767. The van der Waals surface area contributed by atoms with Crippen LogP contribution in [-0.4, -0.2) is 43.2 Å². The van der Waals surface area contributed by atoms with Gasteiger partial charge in [-0.2, -0.15) is 0 Å². The molecule has 16 heavy (non-hydrogen) atoms. The van der Waals surface area contributed by atoms with Gasteiger partial charge in [0.25, 0.3) is 0 Å². The van der Waals surface area contributed by atoms with Gasteiger partial charge in [-0.1, -0.05) is 19.8 Å². The highest BCUT2D eigenvalue weighted by Gasteiger charge is 2.26. The van der Waals surface area contributed by atoms with E-state index in [1.807, 2.05) is 4.90 Å². The van der Waals surface area contributed by atoms with Gasteiger partial charge in [-0.25, -0.2) is 0 Å². The highest BCUT2D eigenvalue weighted by Crippen LogP contribution is 2.14. The summed E-state index contributed by atoms with van der Waals surface area (Å²) < 4.78 is 5.30. The fourth-order valence-electron chi connectivity index (χ4n) is 2.11. The number of carbonyl (C=O) groups is 1. The average Bonchev–Trinajstić information content (AvgIpc) is 2.35. The zero-order valence-electron chi connectivity index (χ0n) is 10.4. The summed E-state index contributed by atoms with van der Waals surface area (Å²) in [5.74, 6) is 0.0928. The first kappa shape index (κ1) is 13.5. The molecular formula is C12H24N2O2. The van der Waals surface area contributed by atoms with Crippen molar-refractivity contribution in [3.05, 3.63) is 0 Å². The van der Waals surface area contributed by atoms with Crippen molar-refractivity contribution in [2.75, 3.05) is 20.2 Å². The molecule has 0 radical (unpaired) electrons. The van der Waals surface area contributed by atoms with Crippen LogP contribution in [0.1, 0.15) is 39.0 Å². The number of methoxy groups -OCH3 is 1. The van der Waals surface area contributed by atoms with Crippen molar-refractivity contribution in [3.8, 4) is 0 Å². The first-order valence-electron chi connectivity index (χ1n) is 6.26. The number of amides is 1. The third kappa shape index (κ3) is 3.76. The molecule has 0 aromatic heterocycles. The highest BCUT2D eigenvalue weighted by molar-refractivity contribution is 5.81. The van der Waals surface area contributed by atoms with Crippen molar-refractivity contribution in [1.82, 2.24) is 4.90 Å². The maximum absolute atomic E-state index is 12.0. The molecule has 1 aliphatic rings. The van der Waals surface area contributed by atoms with E-state index >= 15 is 0 Å². The third-order valence-electron chi connectivity index (χ3n) is 3.21. The monoisotopic (exact) mass is 228 g/mol. The number of nitrogens with two attached hydrogens (primary N) is 1. The number of likely N-dealkylation sites (tertiary alicyclic amines) is 1. The Morgan fingerprint density at radius 1 is 1.62 bits per heavy atom. The van der Waals surface area contributed by atoms with Crippen LogP contribution in [0.4, 0.5) is 0 Å². The fraction of sp³-hybridized carbons (Fsp3) is 0.917. The zero-order chi connectivity index (χ0) is 12.0. The lowest BCUT2D eigenvalue weighted by Gasteiger charge is -2.33. The van der Waals surface area contributed by atoms with E-state index in [-0.39, 0.29) is 18.1 Å². The van der Waals surface area contributed by atoms with Gasteiger partial charge in [0.1, 0.15) is 0 Å². The largest absolute Gasteiger partial charge is 0.380 e. The van der Waals surface area contributed by atoms with Crippen LogP contribution in [0.3, 0.4) is 0 Å². The molecule has 0 saturated carbocycles. The Bertz CT molecular complexity index is 221. The average molecular weight is 228 g/mol. The highest BCUT2D eigenvalue weighted by atomic mass is 16.5. The normalized spacial score (nSPS) is 23.2. The summed E-state index contributed by atoms with van der Waals surface area (Å²) in [5, 5.41) is 0. The van der Waals surface area contributed by atoms with Gasteiger partial charge in [0.05, 0.1) is 12.1 Å². The Hall–Kier alpha value is -0.610. The fourth-order valence-corrected chi connectivity index (χ4v) is 2.11. The Labute approximate surface area is 98.1 Å². The van der Waals surface area contributed by atoms with Gasteiger partial charge in [-0.15, -0.1) is 0 Å². The molecule has 1 fully saturated rings. The van der Waals surface area contributed by atoms with Crippen molar-refractivity contribution < 1.29 is 9.53 Å². The Morgan fingerprint density at radius 2 is 2.38 bits per heavy atom. The number of carbonyl (C=O) groups excluding carboxylic acids is 1. The molecule has 1 aliphatic heterocycles. The molecule has 2 atom stereocenters. The summed E-state index contributed by atoms with van der Waals surface area (Å²) in [4.78, 5) is 13.9. The Balaban J connectivity index is 2.40. The second-order valence-electron chi connectivity index (χ2n) is 4.53. The standard InChI is InChI=1S/C12H24N2O2/c1-3-4-7-11(13)12(15)14-8-5-6-10(9-14)16-2/h10-11H,3-9,13H2,1-2H3.